The predicted molar refractivity (Wildman–Crippen MR) is 185 cm³/mol. The summed E-state index contributed by atoms with van der Waals surface area (Å²) in [6.07, 6.45) is 4.64. The van der Waals surface area contributed by atoms with Crippen LogP contribution in [0.5, 0.6) is 28.7 Å². The van der Waals surface area contributed by atoms with Gasteiger partial charge in [-0.3, -0.25) is 9.59 Å². The predicted octanol–water partition coefficient (Wildman–Crippen LogP) is 8.51. The van der Waals surface area contributed by atoms with Gasteiger partial charge < -0.3 is 24.4 Å². The molecule has 2 N–H and O–H groups in total. The summed E-state index contributed by atoms with van der Waals surface area (Å²) in [6.45, 7) is 4.08. The Labute approximate surface area is 272 Å². The van der Waals surface area contributed by atoms with Crippen molar-refractivity contribution in [2.75, 3.05) is 21.3 Å². The van der Waals surface area contributed by atoms with Gasteiger partial charge in [-0.1, -0.05) is 96.6 Å². The molecule has 0 fully saturated rings. The Balaban J connectivity index is 0.000000288. The van der Waals surface area contributed by atoms with Crippen molar-refractivity contribution in [2.24, 2.45) is 0 Å². The van der Waals surface area contributed by atoms with Gasteiger partial charge in [0, 0.05) is 0 Å². The molecule has 0 aliphatic rings. The molecule has 0 bridgehead atoms. The van der Waals surface area contributed by atoms with Gasteiger partial charge in [0.25, 0.3) is 0 Å². The van der Waals surface area contributed by atoms with Crippen molar-refractivity contribution in [3.8, 4) is 28.7 Å². The molecule has 0 radical (unpaired) electrons. The van der Waals surface area contributed by atoms with Crippen LogP contribution in [0.15, 0.2) is 133 Å². The molecule has 0 atom stereocenters. The monoisotopic (exact) mass is 622 g/mol. The molecule has 0 saturated heterocycles. The van der Waals surface area contributed by atoms with Crippen LogP contribution in [-0.2, 0) is 4.79 Å². The number of hydrogen-bond donors (Lipinski definition) is 2. The van der Waals surface area contributed by atoms with Crippen molar-refractivity contribution in [3.63, 3.8) is 0 Å². The number of rotatable bonds is 6. The van der Waals surface area contributed by atoms with E-state index in [1.165, 1.54) is 30.4 Å². The maximum Gasteiger partial charge on any atom is 0.160 e. The number of aromatic hydroxyl groups is 2. The highest BCUT2D eigenvalue weighted by atomic mass is 16.5. The first-order chi connectivity index (χ1) is 22.3. The Hall–Kier alpha value is -5.82. The number of phenols is 2. The Kier molecular flexibility index (Phi) is 19.6. The molecule has 5 aromatic carbocycles. The van der Waals surface area contributed by atoms with E-state index >= 15 is 0 Å². The van der Waals surface area contributed by atoms with E-state index in [0.717, 1.165) is 23.3 Å². The van der Waals surface area contributed by atoms with Gasteiger partial charge in [0.15, 0.2) is 17.8 Å². The number of methoxy groups -OCH3 is 3. The Morgan fingerprint density at radius 2 is 1.07 bits per heavy atom. The van der Waals surface area contributed by atoms with E-state index in [2.05, 4.69) is 6.92 Å². The third-order valence-corrected chi connectivity index (χ3v) is 5.89. The van der Waals surface area contributed by atoms with Crippen LogP contribution in [0, 0.1) is 13.8 Å². The van der Waals surface area contributed by atoms with E-state index in [-0.39, 0.29) is 11.5 Å². The molecule has 0 spiro atoms. The molecule has 240 valence electrons. The van der Waals surface area contributed by atoms with Crippen LogP contribution in [0.25, 0.3) is 6.08 Å². The van der Waals surface area contributed by atoms with Gasteiger partial charge in [0.1, 0.15) is 23.5 Å². The lowest BCUT2D eigenvalue weighted by Crippen LogP contribution is -1.84. The highest BCUT2D eigenvalue weighted by Crippen LogP contribution is 2.23. The van der Waals surface area contributed by atoms with Crippen molar-refractivity contribution in [2.45, 2.75) is 13.8 Å². The van der Waals surface area contributed by atoms with E-state index in [1.54, 1.807) is 62.8 Å². The number of ether oxygens (including phenoxy) is 3. The van der Waals surface area contributed by atoms with Crippen molar-refractivity contribution < 1.29 is 34.0 Å². The fourth-order valence-electron chi connectivity index (χ4n) is 3.39. The van der Waals surface area contributed by atoms with Gasteiger partial charge in [-0.2, -0.15) is 0 Å². The van der Waals surface area contributed by atoms with Gasteiger partial charge in [-0.15, -0.1) is 0 Å². The number of benzene rings is 5. The van der Waals surface area contributed by atoms with Crippen LogP contribution in [0.3, 0.4) is 0 Å². The lowest BCUT2D eigenvalue weighted by atomic mass is 10.2. The second-order valence-corrected chi connectivity index (χ2v) is 9.24. The quantitative estimate of drug-likeness (QED) is 0.145. The number of carbonyl (C=O) groups is 2. The molecular formula is C39H42O7. The zero-order valence-corrected chi connectivity index (χ0v) is 26.9. The molecule has 7 heteroatoms. The molecule has 0 unspecified atom stereocenters. The molecule has 0 aliphatic heterocycles. The number of aryl methyl sites for hydroxylation is 2. The third-order valence-electron chi connectivity index (χ3n) is 5.89. The first-order valence-corrected chi connectivity index (χ1v) is 14.2. The lowest BCUT2D eigenvalue weighted by molar-refractivity contribution is -0.104. The molecule has 7 nitrogen and oxygen atoms in total. The van der Waals surface area contributed by atoms with Crippen LogP contribution >= 0.6 is 0 Å². The smallest absolute Gasteiger partial charge is 0.160 e. The summed E-state index contributed by atoms with van der Waals surface area (Å²) in [5, 5.41) is 17.9. The highest BCUT2D eigenvalue weighted by molar-refractivity contribution is 5.78. The molecular weight excluding hydrogens is 580 g/mol. The van der Waals surface area contributed by atoms with Gasteiger partial charge >= 0.3 is 0 Å². The maximum absolute atomic E-state index is 10.1. The minimum Gasteiger partial charge on any atom is -0.507 e. The molecule has 5 aromatic rings. The van der Waals surface area contributed by atoms with Crippen LogP contribution in [0.4, 0.5) is 0 Å². The zero-order chi connectivity index (χ0) is 34.0. The van der Waals surface area contributed by atoms with Crippen molar-refractivity contribution in [1.29, 1.82) is 0 Å². The van der Waals surface area contributed by atoms with E-state index in [9.17, 15) is 9.59 Å². The minimum absolute atomic E-state index is 0.0347. The number of carbonyl (C=O) groups excluding carboxylic acids is 2. The van der Waals surface area contributed by atoms with Gasteiger partial charge in [0.05, 0.1) is 26.9 Å². The highest BCUT2D eigenvalue weighted by Gasteiger charge is 1.95. The summed E-state index contributed by atoms with van der Waals surface area (Å²) < 4.78 is 14.8. The van der Waals surface area contributed by atoms with Gasteiger partial charge in [0.2, 0.25) is 0 Å². The zero-order valence-electron chi connectivity index (χ0n) is 26.9. The normalized spacial score (nSPS) is 9.24. The minimum atomic E-state index is 0.0347. The second kappa shape index (κ2) is 23.6. The number of hydrogen-bond acceptors (Lipinski definition) is 7. The van der Waals surface area contributed by atoms with Crippen LogP contribution in [-0.4, -0.2) is 44.1 Å². The van der Waals surface area contributed by atoms with E-state index in [4.69, 9.17) is 24.4 Å². The number of aldehydes is 2. The number of phenolic OH excluding ortho intramolecular Hbond substituents is 2. The molecule has 0 saturated carbocycles. The van der Waals surface area contributed by atoms with E-state index in [0.29, 0.717) is 17.6 Å². The first-order valence-electron chi connectivity index (χ1n) is 14.2. The maximum atomic E-state index is 10.1. The van der Waals surface area contributed by atoms with Gasteiger partial charge in [-0.05, 0) is 73.5 Å². The average Bonchev–Trinajstić information content (AvgIpc) is 3.10. The van der Waals surface area contributed by atoms with E-state index < -0.39 is 0 Å². The molecule has 46 heavy (non-hydrogen) atoms. The largest absolute Gasteiger partial charge is 0.507 e. The Bertz CT molecular complexity index is 1520. The second-order valence-electron chi connectivity index (χ2n) is 9.24. The molecule has 0 aliphatic carbocycles. The average molecular weight is 623 g/mol. The van der Waals surface area contributed by atoms with Crippen molar-refractivity contribution in [1.82, 2.24) is 0 Å². The summed E-state index contributed by atoms with van der Waals surface area (Å²) in [7, 11) is 4.88. The lowest BCUT2D eigenvalue weighted by Gasteiger charge is -2.00. The van der Waals surface area contributed by atoms with Crippen LogP contribution < -0.4 is 14.2 Å². The summed E-state index contributed by atoms with van der Waals surface area (Å²) in [5.41, 5.74) is 3.82. The topological polar surface area (TPSA) is 102 Å². The molecule has 0 amide bonds. The molecule has 0 heterocycles. The SMILES string of the molecule is COc1ccc(C)cc1.COc1ccccc1C.COc1ccccc1O.O=CC=Cc1ccccc1.O=Cc1ccccc1O. The number of allylic oxidation sites excluding steroid dienone is 1. The fourth-order valence-corrected chi connectivity index (χ4v) is 3.39. The number of para-hydroxylation sites is 4. The van der Waals surface area contributed by atoms with Crippen molar-refractivity contribution in [3.05, 3.63) is 156 Å². The van der Waals surface area contributed by atoms with Gasteiger partial charge in [-0.25, -0.2) is 0 Å². The standard InChI is InChI=1S/C9H8O.2C8H10O.C7H8O2.C7H6O2/c10-8-4-7-9-5-2-1-3-6-9;1-7-3-5-8(9-2)6-4-7;1-7-5-3-4-6-8(7)9-2;1-9-7-5-3-2-4-6(7)8;8-5-6-3-1-2-4-7(6)9/h1-8H;2*3-6H,1-2H3;2-5,8H,1H3;1-5,9H. The Morgan fingerprint density at radius 3 is 1.50 bits per heavy atom. The summed E-state index contributed by atoms with van der Waals surface area (Å²) >= 11 is 0. The molecule has 0 aromatic heterocycles. The summed E-state index contributed by atoms with van der Waals surface area (Å²) in [4.78, 5) is 20.0. The summed E-state index contributed by atoms with van der Waals surface area (Å²) in [6, 6.07) is 38.8. The fraction of sp³-hybridized carbons (Fsp3) is 0.128. The molecule has 5 rings (SSSR count). The first kappa shape index (κ1) is 38.2. The summed E-state index contributed by atoms with van der Waals surface area (Å²) in [5.74, 6) is 2.60. The Morgan fingerprint density at radius 1 is 0.543 bits per heavy atom. The van der Waals surface area contributed by atoms with Crippen LogP contribution in [0.1, 0.15) is 27.0 Å². The van der Waals surface area contributed by atoms with Crippen LogP contribution in [0.2, 0.25) is 0 Å². The van der Waals surface area contributed by atoms with Crippen molar-refractivity contribution >= 4 is 18.6 Å². The van der Waals surface area contributed by atoms with E-state index in [1.807, 2.05) is 85.8 Å². The third kappa shape index (κ3) is 16.1.